The number of ether oxygens (including phenoxy) is 1. The molecule has 0 fully saturated rings. The summed E-state index contributed by atoms with van der Waals surface area (Å²) in [5.74, 6) is -0.385. The third kappa shape index (κ3) is 2.77. The molecule has 0 bridgehead atoms. The lowest BCUT2D eigenvalue weighted by atomic mass is 10.2. The van der Waals surface area contributed by atoms with Crippen LogP contribution in [0.3, 0.4) is 0 Å². The summed E-state index contributed by atoms with van der Waals surface area (Å²) < 4.78 is 19.3. The Morgan fingerprint density at radius 1 is 1.29 bits per heavy atom. The summed E-state index contributed by atoms with van der Waals surface area (Å²) in [5, 5.41) is 8.59. The number of benzene rings is 1. The third-order valence-electron chi connectivity index (χ3n) is 1.88. The highest BCUT2D eigenvalue weighted by Gasteiger charge is 2.07. The summed E-state index contributed by atoms with van der Waals surface area (Å²) >= 11 is 3.15. The van der Waals surface area contributed by atoms with Gasteiger partial charge < -0.3 is 4.74 Å². The van der Waals surface area contributed by atoms with Crippen molar-refractivity contribution < 1.29 is 9.13 Å². The van der Waals surface area contributed by atoms with E-state index in [1.807, 2.05) is 6.07 Å². The second-order valence-electron chi connectivity index (χ2n) is 3.04. The Morgan fingerprint density at radius 3 is 2.76 bits per heavy atom. The Kier molecular flexibility index (Phi) is 3.30. The number of hydrogen-bond donors (Lipinski definition) is 0. The predicted molar refractivity (Wildman–Crippen MR) is 60.9 cm³/mol. The Hall–Kier alpha value is -2.00. The van der Waals surface area contributed by atoms with Gasteiger partial charge in [-0.3, -0.25) is 0 Å². The summed E-state index contributed by atoms with van der Waals surface area (Å²) in [6.45, 7) is 0. The first kappa shape index (κ1) is 11.5. The number of nitriles is 1. The molecule has 2 aromatic rings. The Balaban J connectivity index is 2.28. The first-order valence-electron chi connectivity index (χ1n) is 4.54. The highest BCUT2D eigenvalue weighted by atomic mass is 79.9. The Labute approximate surface area is 105 Å². The molecule has 0 aliphatic carbocycles. The van der Waals surface area contributed by atoms with Crippen LogP contribution in [-0.2, 0) is 0 Å². The van der Waals surface area contributed by atoms with E-state index in [0.717, 1.165) is 6.07 Å². The van der Waals surface area contributed by atoms with Crippen LogP contribution in [0.15, 0.2) is 35.2 Å². The van der Waals surface area contributed by atoms with Crippen molar-refractivity contribution in [3.63, 3.8) is 0 Å². The minimum absolute atomic E-state index is 0.00889. The summed E-state index contributed by atoms with van der Waals surface area (Å²) in [4.78, 5) is 7.64. The van der Waals surface area contributed by atoms with Gasteiger partial charge in [0.1, 0.15) is 10.9 Å². The summed E-state index contributed by atoms with van der Waals surface area (Å²) in [6, 6.07) is 7.30. The van der Waals surface area contributed by atoms with Crippen LogP contribution in [0.5, 0.6) is 11.6 Å². The fourth-order valence-electron chi connectivity index (χ4n) is 1.14. The molecule has 0 aliphatic rings. The van der Waals surface area contributed by atoms with Crippen LogP contribution in [0.25, 0.3) is 0 Å². The number of hydrogen-bond acceptors (Lipinski definition) is 4. The molecule has 0 atom stereocenters. The van der Waals surface area contributed by atoms with Crippen molar-refractivity contribution in [1.29, 1.82) is 5.26 Å². The van der Waals surface area contributed by atoms with Gasteiger partial charge in [-0.25, -0.2) is 14.4 Å². The number of halogens is 2. The van der Waals surface area contributed by atoms with Crippen LogP contribution in [0, 0.1) is 17.1 Å². The number of aromatic nitrogens is 2. The van der Waals surface area contributed by atoms with Gasteiger partial charge in [0.05, 0.1) is 11.6 Å². The van der Waals surface area contributed by atoms with Crippen molar-refractivity contribution >= 4 is 15.9 Å². The number of rotatable bonds is 2. The number of nitrogens with zero attached hydrogens (tertiary/aromatic N) is 3. The van der Waals surface area contributed by atoms with Gasteiger partial charge in [-0.2, -0.15) is 5.26 Å². The highest BCUT2D eigenvalue weighted by Crippen LogP contribution is 2.24. The van der Waals surface area contributed by atoms with E-state index in [1.54, 1.807) is 0 Å². The van der Waals surface area contributed by atoms with E-state index >= 15 is 0 Å². The quantitative estimate of drug-likeness (QED) is 0.799. The monoisotopic (exact) mass is 293 g/mol. The van der Waals surface area contributed by atoms with Crippen molar-refractivity contribution in [1.82, 2.24) is 9.97 Å². The molecule has 4 nitrogen and oxygen atoms in total. The van der Waals surface area contributed by atoms with Crippen LogP contribution in [0.4, 0.5) is 4.39 Å². The fourth-order valence-corrected chi connectivity index (χ4v) is 1.43. The molecule has 0 saturated heterocycles. The second kappa shape index (κ2) is 4.89. The van der Waals surface area contributed by atoms with Crippen LogP contribution >= 0.6 is 15.9 Å². The molecular weight excluding hydrogens is 289 g/mol. The van der Waals surface area contributed by atoms with Crippen LogP contribution < -0.4 is 4.74 Å². The molecular formula is C11H5BrFN3O. The maximum atomic E-state index is 13.5. The minimum atomic E-state index is -0.612. The smallest absolute Gasteiger partial charge is 0.223 e. The van der Waals surface area contributed by atoms with E-state index in [0.29, 0.717) is 4.60 Å². The van der Waals surface area contributed by atoms with Crippen LogP contribution in [0.1, 0.15) is 5.56 Å². The lowest BCUT2D eigenvalue weighted by Gasteiger charge is -2.05. The predicted octanol–water partition coefficient (Wildman–Crippen LogP) is 3.04. The van der Waals surface area contributed by atoms with Crippen molar-refractivity contribution in [3.05, 3.63) is 46.6 Å². The molecule has 1 heterocycles. The first-order chi connectivity index (χ1) is 8.19. The second-order valence-corrected chi connectivity index (χ2v) is 3.85. The SMILES string of the molecule is N#Cc1ccc(Oc2cc(Br)ncn2)c(F)c1. The van der Waals surface area contributed by atoms with Gasteiger partial charge in [-0.1, -0.05) is 0 Å². The highest BCUT2D eigenvalue weighted by molar-refractivity contribution is 9.10. The minimum Gasteiger partial charge on any atom is -0.436 e. The first-order valence-corrected chi connectivity index (χ1v) is 5.33. The molecule has 1 aromatic carbocycles. The van der Waals surface area contributed by atoms with E-state index < -0.39 is 5.82 Å². The lowest BCUT2D eigenvalue weighted by Crippen LogP contribution is -1.92. The summed E-state index contributed by atoms with van der Waals surface area (Å²) in [7, 11) is 0. The van der Waals surface area contributed by atoms with Gasteiger partial charge >= 0.3 is 0 Å². The van der Waals surface area contributed by atoms with Gasteiger partial charge in [0.15, 0.2) is 11.6 Å². The third-order valence-corrected chi connectivity index (χ3v) is 2.32. The molecule has 0 saturated carbocycles. The molecule has 0 spiro atoms. The van der Waals surface area contributed by atoms with E-state index in [-0.39, 0.29) is 17.2 Å². The van der Waals surface area contributed by atoms with Crippen molar-refractivity contribution in [2.45, 2.75) is 0 Å². The molecule has 0 radical (unpaired) electrons. The molecule has 17 heavy (non-hydrogen) atoms. The molecule has 1 aromatic heterocycles. The zero-order valence-corrected chi connectivity index (χ0v) is 9.98. The van der Waals surface area contributed by atoms with Crippen molar-refractivity contribution in [2.24, 2.45) is 0 Å². The molecule has 6 heteroatoms. The molecule has 2 rings (SSSR count). The van der Waals surface area contributed by atoms with Gasteiger partial charge in [0.2, 0.25) is 5.88 Å². The van der Waals surface area contributed by atoms with Gasteiger partial charge in [0.25, 0.3) is 0 Å². The van der Waals surface area contributed by atoms with Crippen molar-refractivity contribution in [3.8, 4) is 17.7 Å². The Morgan fingerprint density at radius 2 is 2.12 bits per heavy atom. The molecule has 0 N–H and O–H groups in total. The molecule has 84 valence electrons. The average Bonchev–Trinajstić information content (AvgIpc) is 2.32. The Bertz CT molecular complexity index is 598. The van der Waals surface area contributed by atoms with E-state index in [4.69, 9.17) is 10.00 Å². The molecule has 0 amide bonds. The maximum Gasteiger partial charge on any atom is 0.223 e. The maximum absolute atomic E-state index is 13.5. The summed E-state index contributed by atoms with van der Waals surface area (Å²) in [5.41, 5.74) is 0.235. The standard InChI is InChI=1S/C11H5BrFN3O/c12-10-4-11(16-6-15-10)17-9-2-1-7(5-14)3-8(9)13/h1-4,6H. The van der Waals surface area contributed by atoms with Crippen LogP contribution in [0.2, 0.25) is 0 Å². The largest absolute Gasteiger partial charge is 0.436 e. The topological polar surface area (TPSA) is 58.8 Å². The van der Waals surface area contributed by atoms with Gasteiger partial charge in [-0.15, -0.1) is 0 Å². The fraction of sp³-hybridized carbons (Fsp3) is 0. The molecule has 0 aliphatic heterocycles. The van der Waals surface area contributed by atoms with Crippen LogP contribution in [-0.4, -0.2) is 9.97 Å². The van der Waals surface area contributed by atoms with E-state index in [9.17, 15) is 4.39 Å². The summed E-state index contributed by atoms with van der Waals surface area (Å²) in [6.07, 6.45) is 1.29. The van der Waals surface area contributed by atoms with E-state index in [1.165, 1.54) is 24.5 Å². The lowest BCUT2D eigenvalue weighted by molar-refractivity contribution is 0.426. The van der Waals surface area contributed by atoms with Gasteiger partial charge in [-0.05, 0) is 34.1 Å². The van der Waals surface area contributed by atoms with E-state index in [2.05, 4.69) is 25.9 Å². The average molecular weight is 294 g/mol. The normalized spacial score (nSPS) is 9.71. The van der Waals surface area contributed by atoms with Gasteiger partial charge in [0, 0.05) is 6.07 Å². The van der Waals surface area contributed by atoms with Crippen molar-refractivity contribution in [2.75, 3.05) is 0 Å². The zero-order valence-electron chi connectivity index (χ0n) is 8.39. The molecule has 0 unspecified atom stereocenters. The zero-order chi connectivity index (χ0) is 12.3.